The summed E-state index contributed by atoms with van der Waals surface area (Å²) in [4.78, 5) is 17.4. The van der Waals surface area contributed by atoms with Gasteiger partial charge >= 0.3 is 6.03 Å². The van der Waals surface area contributed by atoms with Gasteiger partial charge < -0.3 is 15.0 Å². The van der Waals surface area contributed by atoms with Crippen molar-refractivity contribution in [1.29, 1.82) is 0 Å². The van der Waals surface area contributed by atoms with Crippen LogP contribution in [0.25, 0.3) is 0 Å². The molecule has 8 heteroatoms. The van der Waals surface area contributed by atoms with E-state index < -0.39 is 25.1 Å². The quantitative estimate of drug-likeness (QED) is 0.932. The zero-order valence-corrected chi connectivity index (χ0v) is 12.0. The maximum atomic E-state index is 13.4. The molecule has 20 heavy (non-hydrogen) atoms. The third-order valence-corrected chi connectivity index (χ3v) is 3.87. The lowest BCUT2D eigenvalue weighted by Gasteiger charge is -2.25. The molecule has 1 atom stereocenters. The summed E-state index contributed by atoms with van der Waals surface area (Å²) in [5.74, 6) is -3.00. The van der Waals surface area contributed by atoms with Crippen LogP contribution >= 0.6 is 11.3 Å². The van der Waals surface area contributed by atoms with Gasteiger partial charge in [-0.25, -0.2) is 18.6 Å². The van der Waals surface area contributed by atoms with Gasteiger partial charge in [0.15, 0.2) is 0 Å². The topological polar surface area (TPSA) is 54.5 Å². The zero-order chi connectivity index (χ0) is 14.6. The lowest BCUT2D eigenvalue weighted by molar-refractivity contribution is -0.0652. The van der Waals surface area contributed by atoms with Gasteiger partial charge in [0.2, 0.25) is 0 Å². The van der Waals surface area contributed by atoms with Crippen molar-refractivity contribution in [2.45, 2.75) is 25.3 Å². The van der Waals surface area contributed by atoms with Gasteiger partial charge in [0.1, 0.15) is 11.6 Å². The third kappa shape index (κ3) is 3.86. The molecule has 1 aromatic heterocycles. The van der Waals surface area contributed by atoms with Crippen LogP contribution in [0.5, 0.6) is 0 Å². The molecule has 1 saturated heterocycles. The second kappa shape index (κ2) is 6.45. The largest absolute Gasteiger partial charge is 0.373 e. The average molecular weight is 305 g/mol. The Bertz CT molecular complexity index is 442. The van der Waals surface area contributed by atoms with Crippen LogP contribution in [-0.2, 0) is 4.74 Å². The SMILES string of the molecule is CCC(NC(=O)N1CCOCC(F)(F)C1)c1nccs1. The molecule has 2 heterocycles. The summed E-state index contributed by atoms with van der Waals surface area (Å²) in [6, 6.07) is -0.752. The summed E-state index contributed by atoms with van der Waals surface area (Å²) in [5, 5.41) is 5.34. The second-order valence-corrected chi connectivity index (χ2v) is 5.54. The molecular formula is C12H17F2N3O2S. The van der Waals surface area contributed by atoms with Crippen molar-refractivity contribution in [2.75, 3.05) is 26.3 Å². The van der Waals surface area contributed by atoms with Crippen LogP contribution in [0.4, 0.5) is 13.6 Å². The van der Waals surface area contributed by atoms with Crippen molar-refractivity contribution in [3.8, 4) is 0 Å². The molecule has 1 aromatic rings. The van der Waals surface area contributed by atoms with Crippen LogP contribution in [0.1, 0.15) is 24.4 Å². The first-order chi connectivity index (χ1) is 9.52. The molecule has 2 amide bonds. The number of carbonyl (C=O) groups excluding carboxylic acids is 1. The van der Waals surface area contributed by atoms with E-state index in [1.165, 1.54) is 11.3 Å². The summed E-state index contributed by atoms with van der Waals surface area (Å²) < 4.78 is 31.6. The number of aromatic nitrogens is 1. The van der Waals surface area contributed by atoms with Gasteiger partial charge in [-0.2, -0.15) is 0 Å². The van der Waals surface area contributed by atoms with E-state index in [9.17, 15) is 13.6 Å². The summed E-state index contributed by atoms with van der Waals surface area (Å²) in [7, 11) is 0. The van der Waals surface area contributed by atoms with Crippen LogP contribution in [0.3, 0.4) is 0 Å². The highest BCUT2D eigenvalue weighted by atomic mass is 32.1. The lowest BCUT2D eigenvalue weighted by atomic mass is 10.2. The Morgan fingerprint density at radius 1 is 1.70 bits per heavy atom. The summed E-state index contributed by atoms with van der Waals surface area (Å²) >= 11 is 1.43. The van der Waals surface area contributed by atoms with Crippen molar-refractivity contribution >= 4 is 17.4 Å². The monoisotopic (exact) mass is 305 g/mol. The van der Waals surface area contributed by atoms with E-state index in [4.69, 9.17) is 4.74 Å². The molecule has 1 fully saturated rings. The third-order valence-electron chi connectivity index (χ3n) is 2.98. The fraction of sp³-hybridized carbons (Fsp3) is 0.667. The molecule has 1 aliphatic heterocycles. The molecule has 112 valence electrons. The van der Waals surface area contributed by atoms with Crippen molar-refractivity contribution in [3.63, 3.8) is 0 Å². The fourth-order valence-corrected chi connectivity index (χ4v) is 2.73. The van der Waals surface area contributed by atoms with Crippen LogP contribution in [0.15, 0.2) is 11.6 Å². The number of nitrogens with zero attached hydrogens (tertiary/aromatic N) is 2. The fourth-order valence-electron chi connectivity index (χ4n) is 1.96. The molecule has 2 rings (SSSR count). The number of carbonyl (C=O) groups is 1. The molecule has 0 radical (unpaired) electrons. The summed E-state index contributed by atoms with van der Waals surface area (Å²) in [6.45, 7) is 0.937. The van der Waals surface area contributed by atoms with E-state index in [0.717, 1.165) is 9.91 Å². The number of hydrogen-bond donors (Lipinski definition) is 1. The molecule has 1 unspecified atom stereocenters. The standard InChI is InChI=1S/C12H17F2N3O2S/c1-2-9(10-15-3-6-20-10)16-11(18)17-4-5-19-8-12(13,14)7-17/h3,6,9H,2,4-5,7-8H2,1H3,(H,16,18). The number of ether oxygens (including phenoxy) is 1. The number of rotatable bonds is 3. The highest BCUT2D eigenvalue weighted by molar-refractivity contribution is 7.09. The maximum Gasteiger partial charge on any atom is 0.318 e. The van der Waals surface area contributed by atoms with Gasteiger partial charge in [0, 0.05) is 18.1 Å². The number of alkyl halides is 2. The van der Waals surface area contributed by atoms with E-state index >= 15 is 0 Å². The molecule has 0 aliphatic carbocycles. The Morgan fingerprint density at radius 2 is 2.50 bits per heavy atom. The molecule has 1 N–H and O–H groups in total. The second-order valence-electron chi connectivity index (χ2n) is 4.61. The molecule has 0 bridgehead atoms. The highest BCUT2D eigenvalue weighted by Gasteiger charge is 2.36. The zero-order valence-electron chi connectivity index (χ0n) is 11.1. The van der Waals surface area contributed by atoms with Crippen LogP contribution < -0.4 is 5.32 Å². The van der Waals surface area contributed by atoms with E-state index in [1.54, 1.807) is 6.20 Å². The van der Waals surface area contributed by atoms with E-state index in [1.807, 2.05) is 12.3 Å². The van der Waals surface area contributed by atoms with Crippen LogP contribution in [-0.4, -0.2) is 48.1 Å². The van der Waals surface area contributed by atoms with Crippen LogP contribution in [0.2, 0.25) is 0 Å². The number of urea groups is 1. The van der Waals surface area contributed by atoms with Crippen molar-refractivity contribution in [2.24, 2.45) is 0 Å². The Balaban J connectivity index is 1.99. The first-order valence-corrected chi connectivity index (χ1v) is 7.30. The number of hydrogen-bond acceptors (Lipinski definition) is 4. The average Bonchev–Trinajstić information content (AvgIpc) is 2.86. The van der Waals surface area contributed by atoms with E-state index in [0.29, 0.717) is 6.42 Å². The predicted molar refractivity (Wildman–Crippen MR) is 71.0 cm³/mol. The van der Waals surface area contributed by atoms with Crippen molar-refractivity contribution < 1.29 is 18.3 Å². The number of nitrogens with one attached hydrogen (secondary N) is 1. The van der Waals surface area contributed by atoms with Gasteiger partial charge in [-0.3, -0.25) is 0 Å². The van der Waals surface area contributed by atoms with Gasteiger partial charge in [0.25, 0.3) is 5.92 Å². The lowest BCUT2D eigenvalue weighted by Crippen LogP contribution is -2.47. The minimum absolute atomic E-state index is 0.122. The van der Waals surface area contributed by atoms with Crippen molar-refractivity contribution in [3.05, 3.63) is 16.6 Å². The minimum Gasteiger partial charge on any atom is -0.373 e. The molecule has 0 spiro atoms. The number of thiazole rings is 1. The summed E-state index contributed by atoms with van der Waals surface area (Å²) in [6.07, 6.45) is 2.31. The first kappa shape index (κ1) is 15.1. The minimum atomic E-state index is -3.00. The Labute approximate surface area is 119 Å². The highest BCUT2D eigenvalue weighted by Crippen LogP contribution is 2.21. The molecule has 0 aromatic carbocycles. The van der Waals surface area contributed by atoms with E-state index in [-0.39, 0.29) is 19.2 Å². The number of halogens is 2. The Morgan fingerprint density at radius 3 is 3.15 bits per heavy atom. The normalized spacial score (nSPS) is 20.2. The Hall–Kier alpha value is -1.28. The van der Waals surface area contributed by atoms with Gasteiger partial charge in [0.05, 0.1) is 19.2 Å². The first-order valence-electron chi connectivity index (χ1n) is 6.42. The smallest absolute Gasteiger partial charge is 0.318 e. The van der Waals surface area contributed by atoms with Crippen molar-refractivity contribution in [1.82, 2.24) is 15.2 Å². The summed E-state index contributed by atoms with van der Waals surface area (Å²) in [5.41, 5.74) is 0. The molecule has 0 saturated carbocycles. The van der Waals surface area contributed by atoms with Gasteiger partial charge in [-0.1, -0.05) is 6.92 Å². The van der Waals surface area contributed by atoms with E-state index in [2.05, 4.69) is 10.3 Å². The number of amides is 2. The molecular weight excluding hydrogens is 288 g/mol. The van der Waals surface area contributed by atoms with Gasteiger partial charge in [-0.15, -0.1) is 11.3 Å². The van der Waals surface area contributed by atoms with Crippen LogP contribution in [0, 0.1) is 0 Å². The molecule has 5 nitrogen and oxygen atoms in total. The molecule has 1 aliphatic rings. The van der Waals surface area contributed by atoms with Gasteiger partial charge in [-0.05, 0) is 6.42 Å². The predicted octanol–water partition coefficient (Wildman–Crippen LogP) is 2.27. The Kier molecular flexibility index (Phi) is 4.87. The maximum absolute atomic E-state index is 13.4.